The van der Waals surface area contributed by atoms with E-state index in [2.05, 4.69) is 21.5 Å². The molecular weight excluding hydrogens is 278 g/mol. The van der Waals surface area contributed by atoms with Crippen molar-refractivity contribution in [2.75, 3.05) is 0 Å². The normalized spacial score (nSPS) is 11.4. The van der Waals surface area contributed by atoms with Gasteiger partial charge in [-0.15, -0.1) is 23.7 Å². The number of hydrogen-bond donors (Lipinski definition) is 3. The molecule has 1 aromatic rings. The second kappa shape index (κ2) is 7.50. The average molecular weight is 295 g/mol. The summed E-state index contributed by atoms with van der Waals surface area (Å²) in [5, 5.41) is 14.9. The van der Waals surface area contributed by atoms with Crippen molar-refractivity contribution in [2.24, 2.45) is 0 Å². The first kappa shape index (κ1) is 16.0. The first-order valence-corrected chi connectivity index (χ1v) is 6.97. The molecule has 1 aromatic heterocycles. The molecule has 0 saturated heterocycles. The van der Waals surface area contributed by atoms with Gasteiger partial charge in [-0.25, -0.2) is 14.6 Å². The van der Waals surface area contributed by atoms with E-state index in [1.165, 1.54) is 0 Å². The number of rotatable bonds is 6. The number of carbonyl (C=O) groups is 2. The topological polar surface area (TPSA) is 91.3 Å². The highest BCUT2D eigenvalue weighted by Gasteiger charge is 2.15. The Morgan fingerprint density at radius 2 is 2.25 bits per heavy atom. The van der Waals surface area contributed by atoms with Gasteiger partial charge in [-0.3, -0.25) is 0 Å². The number of terminal acetylenes is 1. The number of aromatic nitrogens is 1. The monoisotopic (exact) mass is 295 g/mol. The fourth-order valence-electron chi connectivity index (χ4n) is 1.56. The third-order valence-corrected chi connectivity index (χ3v) is 3.77. The number of urea groups is 1. The number of nitrogens with zero attached hydrogens (tertiary/aromatic N) is 1. The van der Waals surface area contributed by atoms with Gasteiger partial charge in [0.25, 0.3) is 0 Å². The average Bonchev–Trinajstić information content (AvgIpc) is 2.77. The summed E-state index contributed by atoms with van der Waals surface area (Å²) >= 11 is 1.06. The van der Waals surface area contributed by atoms with E-state index in [4.69, 9.17) is 11.5 Å². The Morgan fingerprint density at radius 3 is 2.75 bits per heavy atom. The molecule has 7 heteroatoms. The van der Waals surface area contributed by atoms with Crippen molar-refractivity contribution in [3.8, 4) is 12.3 Å². The molecule has 3 N–H and O–H groups in total. The lowest BCUT2D eigenvalue weighted by molar-refractivity contribution is 0.0701. The molecule has 20 heavy (non-hydrogen) atoms. The molecule has 0 fully saturated rings. The smallest absolute Gasteiger partial charge is 0.347 e. The lowest BCUT2D eigenvalue weighted by Gasteiger charge is -2.14. The molecule has 1 heterocycles. The first-order valence-electron chi connectivity index (χ1n) is 6.15. The van der Waals surface area contributed by atoms with Crippen LogP contribution in [0.15, 0.2) is 0 Å². The van der Waals surface area contributed by atoms with Gasteiger partial charge in [-0.2, -0.15) is 0 Å². The van der Waals surface area contributed by atoms with Gasteiger partial charge < -0.3 is 15.7 Å². The lowest BCUT2D eigenvalue weighted by atomic mass is 10.2. The maximum Gasteiger partial charge on any atom is 0.347 e. The summed E-state index contributed by atoms with van der Waals surface area (Å²) in [4.78, 5) is 26.8. The van der Waals surface area contributed by atoms with Crippen molar-refractivity contribution < 1.29 is 14.7 Å². The Hall–Kier alpha value is -2.07. The van der Waals surface area contributed by atoms with Gasteiger partial charge in [0.1, 0.15) is 9.88 Å². The number of thiazole rings is 1. The van der Waals surface area contributed by atoms with E-state index < -0.39 is 5.97 Å². The van der Waals surface area contributed by atoms with E-state index in [0.29, 0.717) is 17.1 Å². The highest BCUT2D eigenvalue weighted by molar-refractivity contribution is 7.13. The summed E-state index contributed by atoms with van der Waals surface area (Å²) in [6.07, 6.45) is 6.43. The van der Waals surface area contributed by atoms with Gasteiger partial charge in [-0.05, 0) is 13.3 Å². The number of carbonyl (C=O) groups excluding carboxylic acids is 1. The lowest BCUT2D eigenvalue weighted by Crippen LogP contribution is -2.41. The zero-order valence-corrected chi connectivity index (χ0v) is 12.2. The van der Waals surface area contributed by atoms with Gasteiger partial charge in [0.2, 0.25) is 0 Å². The molecule has 1 rings (SSSR count). The number of aromatic carboxylic acids is 1. The van der Waals surface area contributed by atoms with Crippen LogP contribution in [0.5, 0.6) is 0 Å². The van der Waals surface area contributed by atoms with E-state index >= 15 is 0 Å². The molecule has 108 valence electrons. The van der Waals surface area contributed by atoms with Gasteiger partial charge in [-0.1, -0.05) is 6.92 Å². The molecular formula is C13H17N3O3S. The minimum atomic E-state index is -1.00. The van der Waals surface area contributed by atoms with Crippen molar-refractivity contribution in [3.63, 3.8) is 0 Å². The summed E-state index contributed by atoms with van der Waals surface area (Å²) in [5.41, 5.74) is 0.457. The van der Waals surface area contributed by atoms with Crippen molar-refractivity contribution in [1.82, 2.24) is 15.6 Å². The maximum absolute atomic E-state index is 11.7. The molecule has 0 aliphatic carbocycles. The Labute approximate surface area is 121 Å². The molecule has 0 aliphatic rings. The standard InChI is InChI=1S/C13H17N3O3S/c1-4-6-9(5-2)16-13(19)14-7-10-15-8(3)11(20-10)12(17)18/h1,9H,5-7H2,2-3H3,(H,17,18)(H2,14,16,19). The van der Waals surface area contributed by atoms with Crippen LogP contribution in [0.3, 0.4) is 0 Å². The summed E-state index contributed by atoms with van der Waals surface area (Å²) in [6.45, 7) is 3.76. The van der Waals surface area contributed by atoms with Gasteiger partial charge in [0.05, 0.1) is 12.2 Å². The summed E-state index contributed by atoms with van der Waals surface area (Å²) in [7, 11) is 0. The minimum absolute atomic E-state index is 0.0624. The van der Waals surface area contributed by atoms with E-state index in [1.807, 2.05) is 6.92 Å². The summed E-state index contributed by atoms with van der Waals surface area (Å²) in [6, 6.07) is -0.399. The van der Waals surface area contributed by atoms with Crippen LogP contribution >= 0.6 is 11.3 Å². The molecule has 0 saturated carbocycles. The van der Waals surface area contributed by atoms with E-state index in [0.717, 1.165) is 17.8 Å². The minimum Gasteiger partial charge on any atom is -0.477 e. The Balaban J connectivity index is 2.51. The number of aryl methyl sites for hydroxylation is 1. The maximum atomic E-state index is 11.7. The van der Waals surface area contributed by atoms with Crippen molar-refractivity contribution >= 4 is 23.3 Å². The third kappa shape index (κ3) is 4.55. The molecule has 0 radical (unpaired) electrons. The van der Waals surface area contributed by atoms with Crippen molar-refractivity contribution in [3.05, 3.63) is 15.6 Å². The third-order valence-electron chi connectivity index (χ3n) is 2.63. The number of carboxylic acid groups (broad SMARTS) is 1. The number of carboxylic acids is 1. The quantitative estimate of drug-likeness (QED) is 0.697. The zero-order chi connectivity index (χ0) is 15.1. The fraction of sp³-hybridized carbons (Fsp3) is 0.462. The second-order valence-corrected chi connectivity index (χ2v) is 5.25. The number of nitrogens with one attached hydrogen (secondary N) is 2. The van der Waals surface area contributed by atoms with Crippen molar-refractivity contribution in [2.45, 2.75) is 39.3 Å². The Bertz CT molecular complexity index is 533. The van der Waals surface area contributed by atoms with Crippen LogP contribution < -0.4 is 10.6 Å². The molecule has 1 unspecified atom stereocenters. The van der Waals surface area contributed by atoms with Crippen LogP contribution in [0.25, 0.3) is 0 Å². The molecule has 2 amide bonds. The molecule has 0 aromatic carbocycles. The molecule has 0 bridgehead atoms. The van der Waals surface area contributed by atoms with Crippen LogP contribution in [-0.4, -0.2) is 28.1 Å². The SMILES string of the molecule is C#CCC(CC)NC(=O)NCc1nc(C)c(C(=O)O)s1. The Kier molecular flexibility index (Phi) is 6.00. The largest absolute Gasteiger partial charge is 0.477 e. The first-order chi connectivity index (χ1) is 9.47. The van der Waals surface area contributed by atoms with Crippen LogP contribution in [0.2, 0.25) is 0 Å². The molecule has 6 nitrogen and oxygen atoms in total. The fourth-order valence-corrected chi connectivity index (χ4v) is 2.40. The van der Waals surface area contributed by atoms with Crippen LogP contribution in [-0.2, 0) is 6.54 Å². The number of hydrogen-bond acceptors (Lipinski definition) is 4. The van der Waals surface area contributed by atoms with Crippen LogP contribution in [0.4, 0.5) is 4.79 Å². The van der Waals surface area contributed by atoms with Crippen LogP contribution in [0.1, 0.15) is 40.1 Å². The van der Waals surface area contributed by atoms with E-state index in [9.17, 15) is 9.59 Å². The summed E-state index contributed by atoms with van der Waals surface area (Å²) in [5.74, 6) is 1.50. The number of amides is 2. The molecule has 1 atom stereocenters. The Morgan fingerprint density at radius 1 is 1.55 bits per heavy atom. The molecule has 0 aliphatic heterocycles. The van der Waals surface area contributed by atoms with E-state index in [-0.39, 0.29) is 23.5 Å². The molecule has 0 spiro atoms. The van der Waals surface area contributed by atoms with Gasteiger partial charge in [0, 0.05) is 12.5 Å². The second-order valence-electron chi connectivity index (χ2n) is 4.17. The predicted octanol–water partition coefficient (Wildman–Crippen LogP) is 1.75. The van der Waals surface area contributed by atoms with E-state index in [1.54, 1.807) is 6.92 Å². The highest BCUT2D eigenvalue weighted by atomic mass is 32.1. The zero-order valence-electron chi connectivity index (χ0n) is 11.4. The van der Waals surface area contributed by atoms with Gasteiger partial charge >= 0.3 is 12.0 Å². The van der Waals surface area contributed by atoms with Crippen LogP contribution in [0, 0.1) is 19.3 Å². The summed E-state index contributed by atoms with van der Waals surface area (Å²) < 4.78 is 0. The van der Waals surface area contributed by atoms with Crippen molar-refractivity contribution in [1.29, 1.82) is 0 Å². The predicted molar refractivity (Wildman–Crippen MR) is 76.7 cm³/mol. The van der Waals surface area contributed by atoms with Gasteiger partial charge in [0.15, 0.2) is 0 Å². The highest BCUT2D eigenvalue weighted by Crippen LogP contribution is 2.17.